The van der Waals surface area contributed by atoms with Crippen LogP contribution in [-0.4, -0.2) is 135 Å². The van der Waals surface area contributed by atoms with Crippen molar-refractivity contribution >= 4 is 53.4 Å². The molecule has 2 rings (SSSR count). The Kier molecular flexibility index (Phi) is 18.3. The molecule has 0 aliphatic carbocycles. The highest BCUT2D eigenvalue weighted by atomic mass is 16.6. The number of ether oxygens (including phenoxy) is 3. The van der Waals surface area contributed by atoms with Gasteiger partial charge in [-0.1, -0.05) is 26.0 Å². The van der Waals surface area contributed by atoms with Crippen molar-refractivity contribution in [3.63, 3.8) is 0 Å². The molecular formula is C34H50N8O11. The molecule has 9 amide bonds. The van der Waals surface area contributed by atoms with E-state index in [-0.39, 0.29) is 58.3 Å². The van der Waals surface area contributed by atoms with Crippen molar-refractivity contribution in [3.8, 4) is 0 Å². The number of rotatable bonds is 21. The smallest absolute Gasteiger partial charge is 0.409 e. The van der Waals surface area contributed by atoms with Crippen molar-refractivity contribution in [3.05, 3.63) is 42.0 Å². The number of urea groups is 1. The standard InChI is InChI=1S/C34H50N8O11/c1-22(2)29(39-33(49)52-20-19-51-18-17-42-27(44)12-13-28(42)45)31(47)38-26(7-6-14-36-32(35)48)30(46)37-25-10-8-24(9-11-25)21-53-34(50)41(5)16-15-40(4)23(3)43/h8-13,22,26,29H,6-7,14-21H2,1-5H3,(H,37,46)(H,38,47)(H,39,49)(H3,35,36,48)/t26-,29-/m0/s1. The highest BCUT2D eigenvalue weighted by Crippen LogP contribution is 2.13. The molecule has 292 valence electrons. The zero-order valence-corrected chi connectivity index (χ0v) is 30.7. The molecule has 0 radical (unpaired) electrons. The van der Waals surface area contributed by atoms with Crippen LogP contribution >= 0.6 is 0 Å². The van der Waals surface area contributed by atoms with Gasteiger partial charge in [-0.15, -0.1) is 0 Å². The van der Waals surface area contributed by atoms with Gasteiger partial charge in [-0.05, 0) is 36.5 Å². The average Bonchev–Trinajstić information content (AvgIpc) is 3.43. The third-order valence-corrected chi connectivity index (χ3v) is 7.85. The van der Waals surface area contributed by atoms with E-state index in [1.165, 1.54) is 16.7 Å². The molecule has 0 bridgehead atoms. The molecule has 6 N–H and O–H groups in total. The number of anilines is 1. The predicted molar refractivity (Wildman–Crippen MR) is 190 cm³/mol. The Bertz CT molecular complexity index is 1470. The first-order chi connectivity index (χ1) is 25.1. The molecule has 1 heterocycles. The molecule has 53 heavy (non-hydrogen) atoms. The molecule has 1 aromatic rings. The molecule has 0 aromatic heterocycles. The van der Waals surface area contributed by atoms with Gasteiger partial charge < -0.3 is 51.0 Å². The van der Waals surface area contributed by atoms with Gasteiger partial charge in [-0.3, -0.25) is 28.9 Å². The van der Waals surface area contributed by atoms with Gasteiger partial charge >= 0.3 is 18.2 Å². The number of carbonyl (C=O) groups is 8. The number of imide groups is 1. The summed E-state index contributed by atoms with van der Waals surface area (Å²) in [6, 6.07) is 3.60. The first-order valence-electron chi connectivity index (χ1n) is 17.0. The van der Waals surface area contributed by atoms with Crippen LogP contribution in [0.5, 0.6) is 0 Å². The van der Waals surface area contributed by atoms with E-state index < -0.39 is 59.8 Å². The number of nitrogens with one attached hydrogen (secondary N) is 4. The first kappa shape index (κ1) is 43.4. The third-order valence-electron chi connectivity index (χ3n) is 7.85. The zero-order chi connectivity index (χ0) is 39.5. The topological polar surface area (TPSA) is 248 Å². The second kappa shape index (κ2) is 22.3. The quantitative estimate of drug-likeness (QED) is 0.0845. The summed E-state index contributed by atoms with van der Waals surface area (Å²) < 4.78 is 15.8. The Morgan fingerprint density at radius 2 is 1.49 bits per heavy atom. The average molecular weight is 747 g/mol. The van der Waals surface area contributed by atoms with Crippen molar-refractivity contribution in [2.75, 3.05) is 65.4 Å². The highest BCUT2D eigenvalue weighted by Gasteiger charge is 2.29. The van der Waals surface area contributed by atoms with E-state index in [1.807, 2.05) is 0 Å². The number of primary amides is 1. The van der Waals surface area contributed by atoms with Crippen molar-refractivity contribution < 1.29 is 52.6 Å². The van der Waals surface area contributed by atoms with Crippen molar-refractivity contribution in [2.45, 2.75) is 52.3 Å². The lowest BCUT2D eigenvalue weighted by Gasteiger charge is -2.25. The van der Waals surface area contributed by atoms with Gasteiger partial charge in [0.15, 0.2) is 0 Å². The molecule has 2 atom stereocenters. The molecule has 1 aromatic carbocycles. The summed E-state index contributed by atoms with van der Waals surface area (Å²) in [6.45, 7) is 5.46. The summed E-state index contributed by atoms with van der Waals surface area (Å²) in [5.74, 6) is -2.61. The minimum Gasteiger partial charge on any atom is -0.447 e. The number of likely N-dealkylation sites (N-methyl/N-ethyl adjacent to an activating group) is 2. The number of nitrogens with zero attached hydrogens (tertiary/aromatic N) is 3. The molecule has 0 saturated heterocycles. The molecule has 0 unspecified atom stereocenters. The Morgan fingerprint density at radius 3 is 2.09 bits per heavy atom. The van der Waals surface area contributed by atoms with Crippen LogP contribution in [0.15, 0.2) is 36.4 Å². The summed E-state index contributed by atoms with van der Waals surface area (Å²) in [6.07, 6.45) is 1.25. The van der Waals surface area contributed by atoms with Crippen molar-refractivity contribution in [2.24, 2.45) is 11.7 Å². The normalized spacial score (nSPS) is 13.2. The fourth-order valence-corrected chi connectivity index (χ4v) is 4.57. The molecule has 19 nitrogen and oxygen atoms in total. The number of hydrogen-bond donors (Lipinski definition) is 5. The van der Waals surface area contributed by atoms with Crippen LogP contribution in [0, 0.1) is 5.92 Å². The van der Waals surface area contributed by atoms with Gasteiger partial charge in [0.25, 0.3) is 11.8 Å². The SMILES string of the molecule is CC(=O)N(C)CCN(C)C(=O)OCc1ccc(NC(=O)[C@H](CCCNC(N)=O)NC(=O)[C@@H](NC(=O)OCCOCCN2C(=O)C=CC2=O)C(C)C)cc1. The van der Waals surface area contributed by atoms with E-state index in [0.29, 0.717) is 24.3 Å². The zero-order valence-electron chi connectivity index (χ0n) is 30.7. The van der Waals surface area contributed by atoms with Gasteiger partial charge in [0.1, 0.15) is 25.3 Å². The molecular weight excluding hydrogens is 696 g/mol. The minimum absolute atomic E-state index is 0.0259. The van der Waals surface area contributed by atoms with E-state index in [2.05, 4.69) is 21.3 Å². The second-order valence-corrected chi connectivity index (χ2v) is 12.4. The lowest BCUT2D eigenvalue weighted by molar-refractivity contribution is -0.137. The number of carbonyl (C=O) groups excluding carboxylic acids is 8. The lowest BCUT2D eigenvalue weighted by atomic mass is 10.0. The Morgan fingerprint density at radius 1 is 0.849 bits per heavy atom. The summed E-state index contributed by atoms with van der Waals surface area (Å²) in [5.41, 5.74) is 6.17. The highest BCUT2D eigenvalue weighted by molar-refractivity contribution is 6.12. The minimum atomic E-state index is -1.08. The number of benzene rings is 1. The molecule has 1 aliphatic rings. The Balaban J connectivity index is 1.91. The van der Waals surface area contributed by atoms with E-state index in [9.17, 15) is 38.4 Å². The Labute approximate surface area is 307 Å². The first-order valence-corrected chi connectivity index (χ1v) is 17.0. The molecule has 0 saturated carbocycles. The van der Waals surface area contributed by atoms with Gasteiger partial charge in [0.2, 0.25) is 17.7 Å². The lowest BCUT2D eigenvalue weighted by Crippen LogP contribution is -2.54. The fourth-order valence-electron chi connectivity index (χ4n) is 4.57. The van der Waals surface area contributed by atoms with Crippen molar-refractivity contribution in [1.82, 2.24) is 30.7 Å². The van der Waals surface area contributed by atoms with Crippen LogP contribution in [0.1, 0.15) is 39.2 Å². The van der Waals surface area contributed by atoms with Crippen LogP contribution in [0.3, 0.4) is 0 Å². The summed E-state index contributed by atoms with van der Waals surface area (Å²) in [5, 5.41) is 10.3. The van der Waals surface area contributed by atoms with Crippen LogP contribution in [0.4, 0.5) is 20.1 Å². The monoisotopic (exact) mass is 746 g/mol. The van der Waals surface area contributed by atoms with E-state index >= 15 is 0 Å². The third kappa shape index (κ3) is 16.0. The van der Waals surface area contributed by atoms with Crippen LogP contribution < -0.4 is 27.0 Å². The second-order valence-electron chi connectivity index (χ2n) is 12.4. The maximum Gasteiger partial charge on any atom is 0.409 e. The van der Waals surface area contributed by atoms with Gasteiger partial charge in [-0.2, -0.15) is 0 Å². The van der Waals surface area contributed by atoms with Crippen LogP contribution in [-0.2, 0) is 44.8 Å². The summed E-state index contributed by atoms with van der Waals surface area (Å²) in [7, 11) is 3.19. The number of alkyl carbamates (subject to hydrolysis) is 1. The molecule has 0 spiro atoms. The fraction of sp³-hybridized carbons (Fsp3) is 0.529. The Hall–Kier alpha value is -5.72. The largest absolute Gasteiger partial charge is 0.447 e. The van der Waals surface area contributed by atoms with Crippen molar-refractivity contribution in [1.29, 1.82) is 0 Å². The number of hydrogen-bond acceptors (Lipinski definition) is 11. The van der Waals surface area contributed by atoms with Crippen LogP contribution in [0.2, 0.25) is 0 Å². The number of amides is 9. The van der Waals surface area contributed by atoms with E-state index in [1.54, 1.807) is 52.2 Å². The summed E-state index contributed by atoms with van der Waals surface area (Å²) >= 11 is 0. The van der Waals surface area contributed by atoms with Gasteiger partial charge in [0.05, 0.1) is 19.8 Å². The van der Waals surface area contributed by atoms with Gasteiger partial charge in [-0.25, -0.2) is 14.4 Å². The molecule has 19 heteroatoms. The molecule has 1 aliphatic heterocycles. The molecule has 0 fully saturated rings. The maximum absolute atomic E-state index is 13.4. The van der Waals surface area contributed by atoms with E-state index in [4.69, 9.17) is 19.9 Å². The summed E-state index contributed by atoms with van der Waals surface area (Å²) in [4.78, 5) is 101. The van der Waals surface area contributed by atoms with E-state index in [0.717, 1.165) is 17.1 Å². The number of nitrogens with two attached hydrogens (primary N) is 1. The predicted octanol–water partition coefficient (Wildman–Crippen LogP) is 0.298. The van der Waals surface area contributed by atoms with Gasteiger partial charge in [0, 0.05) is 58.5 Å². The maximum atomic E-state index is 13.4. The van der Waals surface area contributed by atoms with Crippen LogP contribution in [0.25, 0.3) is 0 Å².